The zero-order chi connectivity index (χ0) is 16.0. The van der Waals surface area contributed by atoms with Crippen LogP contribution < -0.4 is 10.0 Å². The zero-order valence-electron chi connectivity index (χ0n) is 12.7. The van der Waals surface area contributed by atoms with Gasteiger partial charge in [-0.05, 0) is 38.4 Å². The molecule has 0 saturated carbocycles. The van der Waals surface area contributed by atoms with Crippen LogP contribution in [0, 0.1) is 0 Å². The highest BCUT2D eigenvalue weighted by Crippen LogP contribution is 2.15. The van der Waals surface area contributed by atoms with Crippen molar-refractivity contribution in [2.24, 2.45) is 0 Å². The first-order valence-electron chi connectivity index (χ1n) is 6.90. The second-order valence-electron chi connectivity index (χ2n) is 5.08. The van der Waals surface area contributed by atoms with Gasteiger partial charge in [-0.25, -0.2) is 13.4 Å². The summed E-state index contributed by atoms with van der Waals surface area (Å²) in [6.07, 6.45) is 1.61. The minimum absolute atomic E-state index is 0.213. The van der Waals surface area contributed by atoms with Crippen molar-refractivity contribution in [2.45, 2.75) is 4.90 Å². The van der Waals surface area contributed by atoms with Crippen molar-refractivity contribution in [3.8, 4) is 0 Å². The highest BCUT2D eigenvalue weighted by molar-refractivity contribution is 7.92. The third-order valence-corrected chi connectivity index (χ3v) is 4.31. The molecule has 0 spiro atoms. The summed E-state index contributed by atoms with van der Waals surface area (Å²) in [6.45, 7) is 1.70. The largest absolute Gasteiger partial charge is 0.383 e. The first kappa shape index (κ1) is 16.3. The fourth-order valence-electron chi connectivity index (χ4n) is 1.78. The maximum Gasteiger partial charge on any atom is 0.263 e. The van der Waals surface area contributed by atoms with E-state index >= 15 is 0 Å². The smallest absolute Gasteiger partial charge is 0.263 e. The number of benzene rings is 1. The molecule has 1 aromatic carbocycles. The van der Waals surface area contributed by atoms with Crippen molar-refractivity contribution in [3.63, 3.8) is 0 Å². The highest BCUT2D eigenvalue weighted by atomic mass is 32.2. The van der Waals surface area contributed by atoms with Crippen LogP contribution in [0.15, 0.2) is 53.6 Å². The Morgan fingerprint density at radius 2 is 1.82 bits per heavy atom. The lowest BCUT2D eigenvalue weighted by atomic mass is 10.4. The van der Waals surface area contributed by atoms with Gasteiger partial charge in [-0.3, -0.25) is 4.72 Å². The Kier molecular flexibility index (Phi) is 5.35. The molecule has 22 heavy (non-hydrogen) atoms. The molecule has 0 saturated heterocycles. The monoisotopic (exact) mass is 320 g/mol. The third kappa shape index (κ3) is 4.71. The molecule has 0 atom stereocenters. The van der Waals surface area contributed by atoms with Gasteiger partial charge in [0.2, 0.25) is 0 Å². The summed E-state index contributed by atoms with van der Waals surface area (Å²) in [7, 11) is 0.409. The Morgan fingerprint density at radius 1 is 1.09 bits per heavy atom. The molecule has 1 heterocycles. The average Bonchev–Trinajstić information content (AvgIpc) is 2.49. The molecule has 0 unspecified atom stereocenters. The van der Waals surface area contributed by atoms with E-state index in [2.05, 4.69) is 19.9 Å². The molecule has 0 aliphatic rings. The SMILES string of the molecule is CN(C)CCNc1ccc(NS(=O)(=O)c2ccccc2)nc1. The van der Waals surface area contributed by atoms with E-state index in [1.807, 2.05) is 14.1 Å². The van der Waals surface area contributed by atoms with Crippen LogP contribution in [0.1, 0.15) is 0 Å². The van der Waals surface area contributed by atoms with Gasteiger partial charge < -0.3 is 10.2 Å². The lowest BCUT2D eigenvalue weighted by Gasteiger charge is -2.12. The standard InChI is InChI=1S/C15H20N4O2S/c1-19(2)11-10-16-13-8-9-15(17-12-13)18-22(20,21)14-6-4-3-5-7-14/h3-9,12,16H,10-11H2,1-2H3,(H,17,18). The lowest BCUT2D eigenvalue weighted by Crippen LogP contribution is -2.20. The average molecular weight is 320 g/mol. The van der Waals surface area contributed by atoms with Crippen LogP contribution in [0.4, 0.5) is 11.5 Å². The molecule has 2 rings (SSSR count). The predicted octanol–water partition coefficient (Wildman–Crippen LogP) is 1.86. The van der Waals surface area contributed by atoms with Crippen molar-refractivity contribution in [1.29, 1.82) is 0 Å². The van der Waals surface area contributed by atoms with Crippen LogP contribution >= 0.6 is 0 Å². The molecule has 118 valence electrons. The number of hydrogen-bond donors (Lipinski definition) is 2. The maximum absolute atomic E-state index is 12.2. The van der Waals surface area contributed by atoms with Crippen LogP contribution in [-0.4, -0.2) is 45.5 Å². The van der Waals surface area contributed by atoms with E-state index in [9.17, 15) is 8.42 Å². The summed E-state index contributed by atoms with van der Waals surface area (Å²) in [5.74, 6) is 0.294. The first-order chi connectivity index (χ1) is 10.5. The number of rotatable bonds is 7. The molecule has 2 aromatic rings. The Morgan fingerprint density at radius 3 is 2.41 bits per heavy atom. The van der Waals surface area contributed by atoms with Gasteiger partial charge >= 0.3 is 0 Å². The van der Waals surface area contributed by atoms with Crippen LogP contribution in [0.2, 0.25) is 0 Å². The number of hydrogen-bond acceptors (Lipinski definition) is 5. The number of aromatic nitrogens is 1. The molecule has 6 nitrogen and oxygen atoms in total. The molecule has 7 heteroatoms. The molecular formula is C15H20N4O2S. The molecule has 0 aliphatic carbocycles. The second-order valence-corrected chi connectivity index (χ2v) is 6.76. The van der Waals surface area contributed by atoms with E-state index < -0.39 is 10.0 Å². The minimum Gasteiger partial charge on any atom is -0.383 e. The summed E-state index contributed by atoms with van der Waals surface area (Å²) in [5, 5.41) is 3.22. The van der Waals surface area contributed by atoms with Gasteiger partial charge in [-0.15, -0.1) is 0 Å². The molecule has 0 aliphatic heterocycles. The van der Waals surface area contributed by atoms with E-state index in [1.165, 1.54) is 0 Å². The molecule has 0 fully saturated rings. The van der Waals surface area contributed by atoms with Gasteiger partial charge in [0.1, 0.15) is 5.82 Å². The molecule has 2 N–H and O–H groups in total. The van der Waals surface area contributed by atoms with Gasteiger partial charge in [-0.2, -0.15) is 0 Å². The van der Waals surface area contributed by atoms with Crippen molar-refractivity contribution >= 4 is 21.5 Å². The van der Waals surface area contributed by atoms with E-state index in [1.54, 1.807) is 48.7 Å². The fourth-order valence-corrected chi connectivity index (χ4v) is 2.81. The minimum atomic E-state index is -3.59. The van der Waals surface area contributed by atoms with E-state index in [0.29, 0.717) is 5.82 Å². The predicted molar refractivity (Wildman–Crippen MR) is 88.5 cm³/mol. The van der Waals surface area contributed by atoms with E-state index in [-0.39, 0.29) is 4.90 Å². The summed E-state index contributed by atoms with van der Waals surface area (Å²) in [4.78, 5) is 6.41. The highest BCUT2D eigenvalue weighted by Gasteiger charge is 2.13. The van der Waals surface area contributed by atoms with Gasteiger partial charge in [0, 0.05) is 13.1 Å². The molecule has 0 bridgehead atoms. The zero-order valence-corrected chi connectivity index (χ0v) is 13.5. The number of anilines is 2. The van der Waals surface area contributed by atoms with Gasteiger partial charge in [-0.1, -0.05) is 18.2 Å². The molecule has 1 aromatic heterocycles. The maximum atomic E-state index is 12.2. The Hall–Kier alpha value is -2.12. The van der Waals surface area contributed by atoms with Crippen LogP contribution in [0.5, 0.6) is 0 Å². The Bertz CT molecular complexity index is 685. The van der Waals surface area contributed by atoms with Crippen LogP contribution in [0.3, 0.4) is 0 Å². The quantitative estimate of drug-likeness (QED) is 0.814. The summed E-state index contributed by atoms with van der Waals surface area (Å²) >= 11 is 0. The lowest BCUT2D eigenvalue weighted by molar-refractivity contribution is 0.425. The van der Waals surface area contributed by atoms with E-state index in [4.69, 9.17) is 0 Å². The molecule has 0 amide bonds. The Labute approximate surface area is 131 Å². The molecule has 0 radical (unpaired) electrons. The summed E-state index contributed by atoms with van der Waals surface area (Å²) in [5.41, 5.74) is 0.851. The topological polar surface area (TPSA) is 74.3 Å². The molecular weight excluding hydrogens is 300 g/mol. The van der Waals surface area contributed by atoms with Gasteiger partial charge in [0.25, 0.3) is 10.0 Å². The fraction of sp³-hybridized carbons (Fsp3) is 0.267. The van der Waals surface area contributed by atoms with Crippen molar-refractivity contribution in [1.82, 2.24) is 9.88 Å². The van der Waals surface area contributed by atoms with Gasteiger partial charge in [0.15, 0.2) is 0 Å². The normalized spacial score (nSPS) is 11.4. The number of pyridine rings is 1. The first-order valence-corrected chi connectivity index (χ1v) is 8.38. The summed E-state index contributed by atoms with van der Waals surface area (Å²) < 4.78 is 26.8. The van der Waals surface area contributed by atoms with Crippen LogP contribution in [-0.2, 0) is 10.0 Å². The third-order valence-electron chi connectivity index (χ3n) is 2.94. The van der Waals surface area contributed by atoms with Crippen molar-refractivity contribution in [3.05, 3.63) is 48.7 Å². The van der Waals surface area contributed by atoms with Gasteiger partial charge in [0.05, 0.1) is 16.8 Å². The summed E-state index contributed by atoms with van der Waals surface area (Å²) in [6, 6.07) is 11.6. The van der Waals surface area contributed by atoms with Crippen LogP contribution in [0.25, 0.3) is 0 Å². The Balaban J connectivity index is 1.99. The number of nitrogens with zero attached hydrogens (tertiary/aromatic N) is 2. The van der Waals surface area contributed by atoms with E-state index in [0.717, 1.165) is 18.8 Å². The van der Waals surface area contributed by atoms with Crippen molar-refractivity contribution < 1.29 is 8.42 Å². The van der Waals surface area contributed by atoms with Crippen molar-refractivity contribution in [2.75, 3.05) is 37.2 Å². The number of nitrogens with one attached hydrogen (secondary N) is 2. The number of likely N-dealkylation sites (N-methyl/N-ethyl adjacent to an activating group) is 1. The number of sulfonamides is 1. The second kappa shape index (κ2) is 7.24.